The van der Waals surface area contributed by atoms with E-state index in [4.69, 9.17) is 4.74 Å². The molecule has 168 valence electrons. The number of aliphatic imine (C=N–C) groups is 1. The van der Waals surface area contributed by atoms with Gasteiger partial charge in [-0.15, -0.1) is 24.0 Å². The van der Waals surface area contributed by atoms with Crippen LogP contribution in [0.1, 0.15) is 30.1 Å². The topological polar surface area (TPSA) is 40.1 Å². The Hall–Kier alpha value is -1.80. The average Bonchev–Trinajstić information content (AvgIpc) is 2.81. The number of hydrogen-bond acceptors (Lipinski definition) is 3. The second-order valence-corrected chi connectivity index (χ2v) is 8.34. The summed E-state index contributed by atoms with van der Waals surface area (Å²) in [6, 6.07) is 19.5. The van der Waals surface area contributed by atoms with Gasteiger partial charge in [0.2, 0.25) is 0 Å². The molecule has 2 aromatic rings. The van der Waals surface area contributed by atoms with Crippen LogP contribution in [0.15, 0.2) is 59.6 Å². The van der Waals surface area contributed by atoms with Crippen molar-refractivity contribution in [1.29, 1.82) is 0 Å². The lowest BCUT2D eigenvalue weighted by molar-refractivity contribution is -0.0266. The lowest BCUT2D eigenvalue weighted by Gasteiger charge is -2.38. The minimum Gasteiger partial charge on any atom is -0.373 e. The first-order valence-corrected chi connectivity index (χ1v) is 11.2. The SMILES string of the molecule is CN=C(NCC1CCCOC1c1ccc(C)cc1)N1CCN(c2ccccc2)CC1.I. The van der Waals surface area contributed by atoms with Crippen LogP contribution in [0.4, 0.5) is 5.69 Å². The number of nitrogens with zero attached hydrogens (tertiary/aromatic N) is 3. The van der Waals surface area contributed by atoms with E-state index in [0.717, 1.165) is 51.7 Å². The van der Waals surface area contributed by atoms with Crippen molar-refractivity contribution in [1.82, 2.24) is 10.2 Å². The molecule has 0 saturated carbocycles. The summed E-state index contributed by atoms with van der Waals surface area (Å²) in [4.78, 5) is 9.40. The van der Waals surface area contributed by atoms with Gasteiger partial charge in [-0.3, -0.25) is 4.99 Å². The molecule has 2 heterocycles. The normalized spacial score (nSPS) is 22.1. The number of nitrogens with one attached hydrogen (secondary N) is 1. The number of hydrogen-bond donors (Lipinski definition) is 1. The Kier molecular flexibility index (Phi) is 9.02. The minimum absolute atomic E-state index is 0. The summed E-state index contributed by atoms with van der Waals surface area (Å²) < 4.78 is 6.19. The van der Waals surface area contributed by atoms with Crippen molar-refractivity contribution in [3.05, 3.63) is 65.7 Å². The quantitative estimate of drug-likeness (QED) is 0.357. The molecule has 1 N–H and O–H groups in total. The second kappa shape index (κ2) is 11.7. The molecule has 0 bridgehead atoms. The molecular formula is C25H35IN4O. The standard InChI is InChI=1S/C25H34N4O.HI/c1-20-10-12-21(13-11-20)24-22(7-6-18-30-24)19-27-25(26-2)29-16-14-28(15-17-29)23-8-4-3-5-9-23;/h3-5,8-13,22,24H,6-7,14-19H2,1-2H3,(H,26,27);1H. The van der Waals surface area contributed by atoms with Gasteiger partial charge in [-0.05, 0) is 37.5 Å². The van der Waals surface area contributed by atoms with Crippen LogP contribution in [0.3, 0.4) is 0 Å². The van der Waals surface area contributed by atoms with Crippen LogP contribution in [0.25, 0.3) is 0 Å². The van der Waals surface area contributed by atoms with Crippen molar-refractivity contribution in [2.75, 3.05) is 51.3 Å². The Labute approximate surface area is 203 Å². The van der Waals surface area contributed by atoms with Gasteiger partial charge < -0.3 is 19.9 Å². The molecule has 31 heavy (non-hydrogen) atoms. The predicted molar refractivity (Wildman–Crippen MR) is 140 cm³/mol. The number of ether oxygens (including phenoxy) is 1. The van der Waals surface area contributed by atoms with Crippen LogP contribution >= 0.6 is 24.0 Å². The number of guanidine groups is 1. The molecule has 0 radical (unpaired) electrons. The summed E-state index contributed by atoms with van der Waals surface area (Å²) >= 11 is 0. The van der Waals surface area contributed by atoms with Gasteiger partial charge in [-0.25, -0.2) is 0 Å². The van der Waals surface area contributed by atoms with Crippen molar-refractivity contribution >= 4 is 35.6 Å². The van der Waals surface area contributed by atoms with Gasteiger partial charge in [0.05, 0.1) is 6.10 Å². The van der Waals surface area contributed by atoms with E-state index in [2.05, 4.69) is 81.6 Å². The molecule has 2 unspecified atom stereocenters. The van der Waals surface area contributed by atoms with Crippen LogP contribution in [0.2, 0.25) is 0 Å². The number of anilines is 1. The first kappa shape index (κ1) is 23.9. The van der Waals surface area contributed by atoms with Crippen molar-refractivity contribution in [3.63, 3.8) is 0 Å². The van der Waals surface area contributed by atoms with Gasteiger partial charge in [-0.1, -0.05) is 48.0 Å². The van der Waals surface area contributed by atoms with E-state index in [1.54, 1.807) is 0 Å². The highest BCUT2D eigenvalue weighted by atomic mass is 127. The molecule has 4 rings (SSSR count). The summed E-state index contributed by atoms with van der Waals surface area (Å²) in [7, 11) is 1.89. The highest BCUT2D eigenvalue weighted by Gasteiger charge is 2.28. The van der Waals surface area contributed by atoms with Crippen molar-refractivity contribution in [2.45, 2.75) is 25.9 Å². The maximum absolute atomic E-state index is 6.19. The van der Waals surface area contributed by atoms with Crippen LogP contribution in [-0.4, -0.2) is 57.2 Å². The molecule has 2 atom stereocenters. The van der Waals surface area contributed by atoms with E-state index in [0.29, 0.717) is 5.92 Å². The zero-order chi connectivity index (χ0) is 20.8. The van der Waals surface area contributed by atoms with E-state index in [9.17, 15) is 0 Å². The Morgan fingerprint density at radius 1 is 1.03 bits per heavy atom. The van der Waals surface area contributed by atoms with Crippen molar-refractivity contribution < 1.29 is 4.74 Å². The van der Waals surface area contributed by atoms with E-state index in [1.165, 1.54) is 23.2 Å². The molecule has 2 aromatic carbocycles. The highest BCUT2D eigenvalue weighted by molar-refractivity contribution is 14.0. The third-order valence-electron chi connectivity index (χ3n) is 6.29. The van der Waals surface area contributed by atoms with E-state index in [-0.39, 0.29) is 30.1 Å². The third kappa shape index (κ3) is 6.13. The maximum Gasteiger partial charge on any atom is 0.193 e. The number of aryl methyl sites for hydroxylation is 1. The fourth-order valence-corrected chi connectivity index (χ4v) is 4.55. The average molecular weight is 534 g/mol. The van der Waals surface area contributed by atoms with Crippen LogP contribution < -0.4 is 10.2 Å². The summed E-state index contributed by atoms with van der Waals surface area (Å²) in [6.45, 7) is 7.88. The van der Waals surface area contributed by atoms with Crippen molar-refractivity contribution in [3.8, 4) is 0 Å². The lowest BCUT2D eigenvalue weighted by atomic mass is 9.89. The first-order valence-electron chi connectivity index (χ1n) is 11.2. The molecule has 0 aromatic heterocycles. The van der Waals surface area contributed by atoms with Crippen molar-refractivity contribution in [2.24, 2.45) is 10.9 Å². The fraction of sp³-hybridized carbons (Fsp3) is 0.480. The number of halogens is 1. The molecule has 2 aliphatic rings. The lowest BCUT2D eigenvalue weighted by Crippen LogP contribution is -2.53. The number of para-hydroxylation sites is 1. The summed E-state index contributed by atoms with van der Waals surface area (Å²) in [6.07, 6.45) is 2.48. The zero-order valence-corrected chi connectivity index (χ0v) is 21.0. The summed E-state index contributed by atoms with van der Waals surface area (Å²) in [5.74, 6) is 1.47. The molecule has 2 saturated heterocycles. The third-order valence-corrected chi connectivity index (χ3v) is 6.29. The Morgan fingerprint density at radius 2 is 1.74 bits per heavy atom. The van der Waals surface area contributed by atoms with Gasteiger partial charge in [0.25, 0.3) is 0 Å². The van der Waals surface area contributed by atoms with E-state index >= 15 is 0 Å². The summed E-state index contributed by atoms with van der Waals surface area (Å²) in [5.41, 5.74) is 3.89. The number of benzene rings is 2. The largest absolute Gasteiger partial charge is 0.373 e. The van der Waals surface area contributed by atoms with Gasteiger partial charge in [0.15, 0.2) is 5.96 Å². The van der Waals surface area contributed by atoms with E-state index in [1.807, 2.05) is 7.05 Å². The van der Waals surface area contributed by atoms with Crippen LogP contribution in [0, 0.1) is 12.8 Å². The number of rotatable bonds is 4. The fourth-order valence-electron chi connectivity index (χ4n) is 4.55. The molecule has 0 aliphatic carbocycles. The van der Waals surface area contributed by atoms with Crippen LogP contribution in [0.5, 0.6) is 0 Å². The molecule has 5 nitrogen and oxygen atoms in total. The Bertz CT molecular complexity index is 819. The summed E-state index contributed by atoms with van der Waals surface area (Å²) in [5, 5.41) is 3.65. The smallest absolute Gasteiger partial charge is 0.193 e. The molecule has 0 amide bonds. The first-order chi connectivity index (χ1) is 14.7. The van der Waals surface area contributed by atoms with E-state index < -0.39 is 0 Å². The molecule has 0 spiro atoms. The Morgan fingerprint density at radius 3 is 2.42 bits per heavy atom. The number of piperazine rings is 1. The predicted octanol–water partition coefficient (Wildman–Crippen LogP) is 4.48. The van der Waals surface area contributed by atoms with Gasteiger partial charge in [-0.2, -0.15) is 0 Å². The minimum atomic E-state index is 0. The highest BCUT2D eigenvalue weighted by Crippen LogP contribution is 2.33. The molecule has 2 fully saturated rings. The monoisotopic (exact) mass is 534 g/mol. The second-order valence-electron chi connectivity index (χ2n) is 8.34. The van der Waals surface area contributed by atoms with Gasteiger partial charge >= 0.3 is 0 Å². The Balaban J connectivity index is 0.00000272. The van der Waals surface area contributed by atoms with Gasteiger partial charge in [0.1, 0.15) is 0 Å². The zero-order valence-electron chi connectivity index (χ0n) is 18.7. The van der Waals surface area contributed by atoms with Gasteiger partial charge in [0, 0.05) is 58.0 Å². The molecule has 2 aliphatic heterocycles. The maximum atomic E-state index is 6.19. The molecular weight excluding hydrogens is 499 g/mol. The molecule has 6 heteroatoms. The van der Waals surface area contributed by atoms with Crippen LogP contribution in [-0.2, 0) is 4.74 Å².